The first-order chi connectivity index (χ1) is 12.7. The number of halogens is 1. The second kappa shape index (κ2) is 7.29. The molecule has 0 fully saturated rings. The lowest BCUT2D eigenvalue weighted by atomic mass is 10.3. The smallest absolute Gasteiger partial charge is 0.294 e. The molecule has 0 aliphatic rings. The van der Waals surface area contributed by atoms with Crippen molar-refractivity contribution in [3.63, 3.8) is 0 Å². The molecule has 3 N–H and O–H groups in total. The number of hydrogen-bond donors (Lipinski definition) is 3. The average Bonchev–Trinajstić information content (AvgIpc) is 3.03. The molecule has 3 rings (SSSR count). The van der Waals surface area contributed by atoms with E-state index in [0.29, 0.717) is 10.7 Å². The molecule has 3 aromatic rings. The number of carbonyl (C=O) groups excluding carboxylic acids is 1. The van der Waals surface area contributed by atoms with Gasteiger partial charge < -0.3 is 14.9 Å². The van der Waals surface area contributed by atoms with Crippen LogP contribution >= 0.6 is 11.6 Å². The highest BCUT2D eigenvalue weighted by Gasteiger charge is 2.19. The molecular formula is C17H14ClN3O5S. The van der Waals surface area contributed by atoms with E-state index in [2.05, 4.69) is 15.2 Å². The fraction of sp³-hybridized carbons (Fsp3) is 0.0588. The van der Waals surface area contributed by atoms with Gasteiger partial charge in [-0.2, -0.15) is 0 Å². The highest BCUT2D eigenvalue weighted by molar-refractivity contribution is 7.92. The van der Waals surface area contributed by atoms with E-state index in [9.17, 15) is 18.3 Å². The monoisotopic (exact) mass is 407 g/mol. The standard InChI is InChI=1S/C17H14ClN3O5S/c1-10-7-16(26-20-10)17(23)19-14-9-13(5-6-15(14)22)27(24,25)21-12-4-2-3-11(18)8-12/h2-9,21-22H,1H3,(H,19,23). The van der Waals surface area contributed by atoms with Gasteiger partial charge in [0, 0.05) is 11.1 Å². The summed E-state index contributed by atoms with van der Waals surface area (Å²) < 4.78 is 32.3. The molecule has 8 nitrogen and oxygen atoms in total. The molecule has 1 amide bonds. The van der Waals surface area contributed by atoms with E-state index in [4.69, 9.17) is 16.1 Å². The summed E-state index contributed by atoms with van der Waals surface area (Å²) >= 11 is 5.85. The second-order valence-electron chi connectivity index (χ2n) is 5.58. The van der Waals surface area contributed by atoms with E-state index in [-0.39, 0.29) is 27.8 Å². The fourth-order valence-corrected chi connectivity index (χ4v) is 3.47. The average molecular weight is 408 g/mol. The third-order valence-electron chi connectivity index (χ3n) is 3.46. The van der Waals surface area contributed by atoms with Gasteiger partial charge >= 0.3 is 0 Å². The summed E-state index contributed by atoms with van der Waals surface area (Å²) in [5.41, 5.74) is 0.688. The lowest BCUT2D eigenvalue weighted by Gasteiger charge is -2.11. The summed E-state index contributed by atoms with van der Waals surface area (Å²) in [7, 11) is -3.97. The zero-order valence-corrected chi connectivity index (χ0v) is 15.5. The number of carbonyl (C=O) groups is 1. The van der Waals surface area contributed by atoms with Crippen LogP contribution in [0, 0.1) is 6.92 Å². The van der Waals surface area contributed by atoms with Gasteiger partial charge in [0.05, 0.1) is 22.0 Å². The third-order valence-corrected chi connectivity index (χ3v) is 5.07. The van der Waals surface area contributed by atoms with Crippen LogP contribution in [0.2, 0.25) is 5.02 Å². The van der Waals surface area contributed by atoms with Crippen LogP contribution in [-0.2, 0) is 10.0 Å². The van der Waals surface area contributed by atoms with Crippen LogP contribution in [0.1, 0.15) is 16.2 Å². The number of aryl methyl sites for hydroxylation is 1. The van der Waals surface area contributed by atoms with Crippen molar-refractivity contribution in [2.75, 3.05) is 10.0 Å². The van der Waals surface area contributed by atoms with Crippen molar-refractivity contribution in [2.45, 2.75) is 11.8 Å². The molecule has 0 unspecified atom stereocenters. The quantitative estimate of drug-likeness (QED) is 0.557. The molecule has 0 saturated carbocycles. The van der Waals surface area contributed by atoms with E-state index in [1.807, 2.05) is 0 Å². The van der Waals surface area contributed by atoms with Gasteiger partial charge in [-0.3, -0.25) is 9.52 Å². The van der Waals surface area contributed by atoms with Crippen molar-refractivity contribution in [3.8, 4) is 5.75 Å². The fourth-order valence-electron chi connectivity index (χ4n) is 2.20. The molecule has 0 atom stereocenters. The number of aromatic nitrogens is 1. The maximum atomic E-state index is 12.6. The number of hydrogen-bond acceptors (Lipinski definition) is 6. The highest BCUT2D eigenvalue weighted by atomic mass is 35.5. The zero-order valence-electron chi connectivity index (χ0n) is 13.9. The van der Waals surface area contributed by atoms with Gasteiger partial charge in [-0.15, -0.1) is 0 Å². The van der Waals surface area contributed by atoms with Gasteiger partial charge in [0.1, 0.15) is 5.75 Å². The van der Waals surface area contributed by atoms with Gasteiger partial charge in [-0.25, -0.2) is 8.42 Å². The summed E-state index contributed by atoms with van der Waals surface area (Å²) in [4.78, 5) is 12.0. The highest BCUT2D eigenvalue weighted by Crippen LogP contribution is 2.28. The molecule has 0 bridgehead atoms. The van der Waals surface area contributed by atoms with Crippen molar-refractivity contribution in [1.29, 1.82) is 0 Å². The van der Waals surface area contributed by atoms with Gasteiger partial charge in [-0.1, -0.05) is 22.8 Å². The van der Waals surface area contributed by atoms with Crippen LogP contribution in [-0.4, -0.2) is 24.6 Å². The molecule has 0 aliphatic carbocycles. The minimum atomic E-state index is -3.97. The van der Waals surface area contributed by atoms with E-state index in [1.54, 1.807) is 25.1 Å². The Morgan fingerprint density at radius 2 is 1.96 bits per heavy atom. The summed E-state index contributed by atoms with van der Waals surface area (Å²) in [5, 5.41) is 16.3. The summed E-state index contributed by atoms with van der Waals surface area (Å²) in [6.07, 6.45) is 0. The Morgan fingerprint density at radius 3 is 2.63 bits per heavy atom. The first-order valence-corrected chi connectivity index (χ1v) is 9.47. The summed E-state index contributed by atoms with van der Waals surface area (Å²) in [5.74, 6) is -1.05. The third kappa shape index (κ3) is 4.39. The van der Waals surface area contributed by atoms with Crippen LogP contribution in [0.4, 0.5) is 11.4 Å². The topological polar surface area (TPSA) is 122 Å². The number of amides is 1. The molecule has 0 spiro atoms. The molecule has 0 radical (unpaired) electrons. The minimum absolute atomic E-state index is 0.0720. The van der Waals surface area contributed by atoms with Crippen molar-refractivity contribution >= 4 is 38.9 Å². The number of nitrogens with zero attached hydrogens (tertiary/aromatic N) is 1. The molecule has 27 heavy (non-hydrogen) atoms. The predicted molar refractivity (Wildman–Crippen MR) is 99.6 cm³/mol. The van der Waals surface area contributed by atoms with Gasteiger partial charge in [-0.05, 0) is 43.3 Å². The molecule has 10 heteroatoms. The Labute approximate surface area is 159 Å². The zero-order chi connectivity index (χ0) is 19.6. The van der Waals surface area contributed by atoms with Gasteiger partial charge in [0.2, 0.25) is 5.76 Å². The molecule has 1 aromatic heterocycles. The lowest BCUT2D eigenvalue weighted by Crippen LogP contribution is -2.15. The van der Waals surface area contributed by atoms with Gasteiger partial charge in [0.25, 0.3) is 15.9 Å². The Balaban J connectivity index is 1.86. The first kappa shape index (κ1) is 18.7. The number of rotatable bonds is 5. The van der Waals surface area contributed by atoms with Crippen molar-refractivity contribution < 1.29 is 22.8 Å². The largest absolute Gasteiger partial charge is 0.506 e. The van der Waals surface area contributed by atoms with Crippen molar-refractivity contribution in [2.24, 2.45) is 0 Å². The molecule has 2 aromatic carbocycles. The number of phenols is 1. The first-order valence-electron chi connectivity index (χ1n) is 7.61. The Bertz CT molecular complexity index is 1110. The van der Waals surface area contributed by atoms with Crippen LogP contribution in [0.15, 0.2) is 57.9 Å². The van der Waals surface area contributed by atoms with Crippen LogP contribution in [0.3, 0.4) is 0 Å². The van der Waals surface area contributed by atoms with Crippen molar-refractivity contribution in [3.05, 3.63) is 65.0 Å². The SMILES string of the molecule is Cc1cc(C(=O)Nc2cc(S(=O)(=O)Nc3cccc(Cl)c3)ccc2O)on1. The number of nitrogens with one attached hydrogen (secondary N) is 2. The summed E-state index contributed by atoms with van der Waals surface area (Å²) in [6.45, 7) is 1.65. The molecule has 0 aliphatic heterocycles. The van der Waals surface area contributed by atoms with Crippen LogP contribution in [0.25, 0.3) is 0 Å². The van der Waals surface area contributed by atoms with Crippen LogP contribution < -0.4 is 10.0 Å². The predicted octanol–water partition coefficient (Wildman–Crippen LogP) is 3.40. The molecule has 1 heterocycles. The molecule has 140 valence electrons. The minimum Gasteiger partial charge on any atom is -0.506 e. The van der Waals surface area contributed by atoms with Crippen LogP contribution in [0.5, 0.6) is 5.75 Å². The van der Waals surface area contributed by atoms with Gasteiger partial charge in [0.15, 0.2) is 0 Å². The maximum Gasteiger partial charge on any atom is 0.294 e. The number of sulfonamides is 1. The molecule has 0 saturated heterocycles. The van der Waals surface area contributed by atoms with E-state index >= 15 is 0 Å². The van der Waals surface area contributed by atoms with E-state index < -0.39 is 15.9 Å². The molecular weight excluding hydrogens is 394 g/mol. The number of phenolic OH excluding ortho intramolecular Hbond substituents is 1. The number of aromatic hydroxyl groups is 1. The Morgan fingerprint density at radius 1 is 1.19 bits per heavy atom. The maximum absolute atomic E-state index is 12.6. The van der Waals surface area contributed by atoms with E-state index in [1.165, 1.54) is 18.2 Å². The van der Waals surface area contributed by atoms with E-state index in [0.717, 1.165) is 12.1 Å². The second-order valence-corrected chi connectivity index (χ2v) is 7.70. The Kier molecular flexibility index (Phi) is 5.06. The number of anilines is 2. The normalized spacial score (nSPS) is 11.2. The summed E-state index contributed by atoms with van der Waals surface area (Å²) in [6, 6.07) is 11.1. The lowest BCUT2D eigenvalue weighted by molar-refractivity contribution is 0.0987. The Hall–Kier alpha value is -3.04. The van der Waals surface area contributed by atoms with Crippen molar-refractivity contribution in [1.82, 2.24) is 5.16 Å². The number of benzene rings is 2.